The van der Waals surface area contributed by atoms with Crippen molar-refractivity contribution in [2.75, 3.05) is 16.9 Å². The van der Waals surface area contributed by atoms with Crippen LogP contribution in [-0.2, 0) is 13.0 Å². The number of pyridine rings is 1. The van der Waals surface area contributed by atoms with Crippen molar-refractivity contribution in [2.24, 2.45) is 5.84 Å². The van der Waals surface area contributed by atoms with Crippen LogP contribution in [0.25, 0.3) is 10.8 Å². The largest absolute Gasteiger partial charge is 0.508 e. The van der Waals surface area contributed by atoms with E-state index in [4.69, 9.17) is 17.3 Å². The molecule has 28 heavy (non-hydrogen) atoms. The molecule has 8 N–H and O–H groups in total. The highest BCUT2D eigenvalue weighted by atomic mass is 16.3. The first-order valence-electron chi connectivity index (χ1n) is 8.76. The molecule has 0 saturated heterocycles. The van der Waals surface area contributed by atoms with Gasteiger partial charge in [-0.15, -0.1) is 0 Å². The number of phenolic OH excluding ortho intramolecular Hbond substituents is 1. The van der Waals surface area contributed by atoms with Gasteiger partial charge in [0, 0.05) is 12.6 Å². The monoisotopic (exact) mass is 375 g/mol. The summed E-state index contributed by atoms with van der Waals surface area (Å²) in [7, 11) is 0. The molecule has 0 aliphatic heterocycles. The molecule has 2 aromatic heterocycles. The summed E-state index contributed by atoms with van der Waals surface area (Å²) < 4.78 is 1.87. The maximum atomic E-state index is 9.58. The van der Waals surface area contributed by atoms with Gasteiger partial charge >= 0.3 is 0 Å². The second kappa shape index (κ2) is 7.09. The summed E-state index contributed by atoms with van der Waals surface area (Å²) in [5.41, 5.74) is 17.8. The Labute approximate surface area is 161 Å². The van der Waals surface area contributed by atoms with Crippen LogP contribution in [0.1, 0.15) is 16.7 Å². The van der Waals surface area contributed by atoms with Crippen molar-refractivity contribution in [1.82, 2.24) is 14.8 Å². The molecule has 4 rings (SSSR count). The maximum Gasteiger partial charge on any atom is 0.165 e. The Morgan fingerprint density at radius 2 is 1.79 bits per heavy atom. The SMILES string of the molecule is NNc1nc(N)cc(Cc2cnn(Cc3ccc4cc(O)ccc4c3)c2)c1N. The number of hydrazine groups is 1. The Morgan fingerprint density at radius 1 is 1.00 bits per heavy atom. The summed E-state index contributed by atoms with van der Waals surface area (Å²) in [6.45, 7) is 0.639. The number of nitrogens with zero attached hydrogens (tertiary/aromatic N) is 3. The molecule has 0 unspecified atom stereocenters. The number of nitrogens with two attached hydrogens (primary N) is 3. The molecule has 142 valence electrons. The third kappa shape index (κ3) is 3.53. The van der Waals surface area contributed by atoms with Crippen LogP contribution in [0.5, 0.6) is 5.75 Å². The Balaban J connectivity index is 1.54. The van der Waals surface area contributed by atoms with Gasteiger partial charge in [-0.2, -0.15) is 5.10 Å². The molecule has 2 heterocycles. The third-order valence-electron chi connectivity index (χ3n) is 4.61. The predicted octanol–water partition coefficient (Wildman–Crippen LogP) is 2.23. The van der Waals surface area contributed by atoms with Crippen molar-refractivity contribution in [1.29, 1.82) is 0 Å². The highest BCUT2D eigenvalue weighted by Gasteiger charge is 2.10. The van der Waals surface area contributed by atoms with E-state index in [0.717, 1.165) is 27.5 Å². The Kier molecular flexibility index (Phi) is 4.46. The second-order valence-electron chi connectivity index (χ2n) is 6.70. The fourth-order valence-corrected chi connectivity index (χ4v) is 3.26. The highest BCUT2D eigenvalue weighted by molar-refractivity contribution is 5.84. The molecule has 8 heteroatoms. The molecule has 0 atom stereocenters. The molecular weight excluding hydrogens is 354 g/mol. The van der Waals surface area contributed by atoms with Crippen molar-refractivity contribution in [3.8, 4) is 5.75 Å². The van der Waals surface area contributed by atoms with E-state index < -0.39 is 0 Å². The van der Waals surface area contributed by atoms with Crippen molar-refractivity contribution >= 4 is 28.1 Å². The molecule has 0 aliphatic rings. The summed E-state index contributed by atoms with van der Waals surface area (Å²) in [4.78, 5) is 4.06. The van der Waals surface area contributed by atoms with E-state index in [0.29, 0.717) is 30.3 Å². The van der Waals surface area contributed by atoms with Crippen LogP contribution in [0.15, 0.2) is 54.9 Å². The van der Waals surface area contributed by atoms with Crippen LogP contribution >= 0.6 is 0 Å². The summed E-state index contributed by atoms with van der Waals surface area (Å²) in [6.07, 6.45) is 4.36. The van der Waals surface area contributed by atoms with E-state index in [1.165, 1.54) is 0 Å². The second-order valence-corrected chi connectivity index (χ2v) is 6.70. The molecular formula is C20H21N7O. The Hall–Kier alpha value is -3.78. The van der Waals surface area contributed by atoms with Gasteiger partial charge in [-0.1, -0.05) is 18.2 Å². The molecule has 2 aromatic carbocycles. The predicted molar refractivity (Wildman–Crippen MR) is 111 cm³/mol. The molecule has 0 fully saturated rings. The van der Waals surface area contributed by atoms with E-state index in [2.05, 4.69) is 21.6 Å². The lowest BCUT2D eigenvalue weighted by Crippen LogP contribution is -2.13. The minimum absolute atomic E-state index is 0.265. The first kappa shape index (κ1) is 17.6. The van der Waals surface area contributed by atoms with Gasteiger partial charge in [0.1, 0.15) is 11.6 Å². The zero-order chi connectivity index (χ0) is 19.7. The number of nitrogen functional groups attached to an aromatic ring is 3. The van der Waals surface area contributed by atoms with Crippen LogP contribution in [0.2, 0.25) is 0 Å². The zero-order valence-electron chi connectivity index (χ0n) is 15.1. The van der Waals surface area contributed by atoms with Gasteiger partial charge in [0.15, 0.2) is 5.82 Å². The molecule has 0 aliphatic carbocycles. The number of anilines is 3. The number of aromatic nitrogens is 3. The third-order valence-corrected chi connectivity index (χ3v) is 4.61. The first-order chi connectivity index (χ1) is 13.5. The molecule has 4 aromatic rings. The fourth-order valence-electron chi connectivity index (χ4n) is 3.26. The van der Waals surface area contributed by atoms with Crippen LogP contribution < -0.4 is 22.7 Å². The van der Waals surface area contributed by atoms with Gasteiger partial charge in [-0.25, -0.2) is 10.8 Å². The Bertz CT molecular complexity index is 1150. The number of rotatable bonds is 5. The number of hydrogen-bond donors (Lipinski definition) is 5. The van der Waals surface area contributed by atoms with Gasteiger partial charge in [0.2, 0.25) is 0 Å². The van der Waals surface area contributed by atoms with Gasteiger partial charge < -0.3 is 22.0 Å². The zero-order valence-corrected chi connectivity index (χ0v) is 15.1. The Morgan fingerprint density at radius 3 is 2.61 bits per heavy atom. The maximum absolute atomic E-state index is 9.58. The van der Waals surface area contributed by atoms with Gasteiger partial charge in [0.25, 0.3) is 0 Å². The van der Waals surface area contributed by atoms with E-state index in [-0.39, 0.29) is 5.75 Å². The molecule has 0 saturated carbocycles. The summed E-state index contributed by atoms with van der Waals surface area (Å²) in [6, 6.07) is 13.2. The smallest absolute Gasteiger partial charge is 0.165 e. The van der Waals surface area contributed by atoms with E-state index >= 15 is 0 Å². The lowest BCUT2D eigenvalue weighted by Gasteiger charge is -2.10. The van der Waals surface area contributed by atoms with Crippen molar-refractivity contribution in [3.05, 3.63) is 71.5 Å². The minimum atomic E-state index is 0.265. The molecule has 8 nitrogen and oxygen atoms in total. The average Bonchev–Trinajstić information content (AvgIpc) is 3.11. The van der Waals surface area contributed by atoms with Crippen molar-refractivity contribution in [3.63, 3.8) is 0 Å². The lowest BCUT2D eigenvalue weighted by molar-refractivity contribution is 0.476. The number of benzene rings is 2. The number of fused-ring (bicyclic) bond motifs is 1. The van der Waals surface area contributed by atoms with Crippen LogP contribution in [0.3, 0.4) is 0 Å². The topological polar surface area (TPSA) is 141 Å². The van der Waals surface area contributed by atoms with Gasteiger partial charge in [0.05, 0.1) is 18.4 Å². The molecule has 0 radical (unpaired) electrons. The van der Waals surface area contributed by atoms with Crippen LogP contribution in [0.4, 0.5) is 17.3 Å². The van der Waals surface area contributed by atoms with E-state index in [1.54, 1.807) is 18.2 Å². The molecule has 0 amide bonds. The average molecular weight is 375 g/mol. The van der Waals surface area contributed by atoms with Crippen molar-refractivity contribution < 1.29 is 5.11 Å². The molecule has 0 bridgehead atoms. The first-order valence-corrected chi connectivity index (χ1v) is 8.76. The number of phenols is 1. The van der Waals surface area contributed by atoms with E-state index in [1.807, 2.05) is 35.3 Å². The normalized spacial score (nSPS) is 11.0. The van der Waals surface area contributed by atoms with Gasteiger partial charge in [-0.05, 0) is 51.7 Å². The fraction of sp³-hybridized carbons (Fsp3) is 0.100. The van der Waals surface area contributed by atoms with Crippen molar-refractivity contribution in [2.45, 2.75) is 13.0 Å². The number of hydrogen-bond acceptors (Lipinski definition) is 7. The summed E-state index contributed by atoms with van der Waals surface area (Å²) in [5.74, 6) is 6.42. The summed E-state index contributed by atoms with van der Waals surface area (Å²) in [5, 5.41) is 16.1. The van der Waals surface area contributed by atoms with E-state index in [9.17, 15) is 5.11 Å². The quantitative estimate of drug-likeness (QED) is 0.266. The van der Waals surface area contributed by atoms with Crippen LogP contribution in [-0.4, -0.2) is 19.9 Å². The lowest BCUT2D eigenvalue weighted by atomic mass is 10.1. The highest BCUT2D eigenvalue weighted by Crippen LogP contribution is 2.25. The van der Waals surface area contributed by atoms with Crippen LogP contribution in [0, 0.1) is 0 Å². The summed E-state index contributed by atoms with van der Waals surface area (Å²) >= 11 is 0. The number of nitrogens with one attached hydrogen (secondary N) is 1. The number of aromatic hydroxyl groups is 1. The van der Waals surface area contributed by atoms with Gasteiger partial charge in [-0.3, -0.25) is 4.68 Å². The molecule has 0 spiro atoms. The standard InChI is InChI=1S/C20H21N7O/c21-18-8-16(19(22)20(25-18)26-23)6-13-9-24-27(11-13)10-12-1-2-15-7-17(28)4-3-14(15)5-12/h1-5,7-9,11,28H,6,10,22-23H2,(H3,21,25,26). The minimum Gasteiger partial charge on any atom is -0.508 e.